The summed E-state index contributed by atoms with van der Waals surface area (Å²) in [5.74, 6) is -0.804. The van der Waals surface area contributed by atoms with Crippen molar-refractivity contribution in [3.8, 4) is 0 Å². The molecule has 0 radical (unpaired) electrons. The van der Waals surface area contributed by atoms with Crippen LogP contribution in [0.3, 0.4) is 0 Å². The number of carbonyl (C=O) groups excluding carboxylic acids is 1. The van der Waals surface area contributed by atoms with Crippen molar-refractivity contribution in [2.24, 2.45) is 0 Å². The minimum absolute atomic E-state index is 0.0716. The van der Waals surface area contributed by atoms with Gasteiger partial charge < -0.3 is 0 Å². The molecule has 5 nitrogen and oxygen atoms in total. The molecule has 0 unspecified atom stereocenters. The van der Waals surface area contributed by atoms with Gasteiger partial charge in [0.1, 0.15) is 0 Å². The molecule has 0 heterocycles. The van der Waals surface area contributed by atoms with Crippen molar-refractivity contribution in [1.29, 1.82) is 0 Å². The average Bonchev–Trinajstić information content (AvgIpc) is 2.17. The van der Waals surface area contributed by atoms with Crippen LogP contribution in [0.15, 0.2) is 36.9 Å². The van der Waals surface area contributed by atoms with Crippen molar-refractivity contribution in [1.82, 2.24) is 5.43 Å². The van der Waals surface area contributed by atoms with E-state index in [0.717, 1.165) is 0 Å². The second-order valence-electron chi connectivity index (χ2n) is 2.54. The van der Waals surface area contributed by atoms with Crippen LogP contribution in [0, 0.1) is 10.1 Å². The Bertz CT molecular complexity index is 373. The molecule has 0 saturated carbocycles. The van der Waals surface area contributed by atoms with E-state index in [4.69, 9.17) is 0 Å². The number of carbonyl (C=O) groups is 1. The van der Waals surface area contributed by atoms with Gasteiger partial charge in [-0.1, -0.05) is 42.3 Å². The standard InChI is InChI=1S/C9H8N2O3/c1-7(9(12)10-11(13)14)8-5-3-2-4-6-8/h2-6H,1H2,(H,10,12). The van der Waals surface area contributed by atoms with Crippen LogP contribution in [-0.2, 0) is 4.79 Å². The number of nitrogens with zero attached hydrogens (tertiary/aromatic N) is 1. The molecule has 1 amide bonds. The Morgan fingerprint density at radius 3 is 2.43 bits per heavy atom. The molecule has 0 saturated heterocycles. The number of rotatable bonds is 3. The second-order valence-corrected chi connectivity index (χ2v) is 2.54. The highest BCUT2D eigenvalue weighted by Crippen LogP contribution is 2.10. The first-order valence-electron chi connectivity index (χ1n) is 3.81. The Labute approximate surface area is 80.2 Å². The first-order valence-corrected chi connectivity index (χ1v) is 3.81. The van der Waals surface area contributed by atoms with Gasteiger partial charge >= 0.3 is 5.91 Å². The molecular formula is C9H8N2O3. The first kappa shape index (κ1) is 9.91. The molecule has 14 heavy (non-hydrogen) atoms. The molecule has 1 N–H and O–H groups in total. The lowest BCUT2D eigenvalue weighted by atomic mass is 10.1. The molecule has 0 aromatic heterocycles. The maximum Gasteiger partial charge on any atom is 0.310 e. The summed E-state index contributed by atoms with van der Waals surface area (Å²) >= 11 is 0. The number of nitro groups is 1. The van der Waals surface area contributed by atoms with Gasteiger partial charge in [-0.15, -0.1) is 0 Å². The SMILES string of the molecule is C=C(C(=O)N[N+](=O)[O-])c1ccccc1. The minimum atomic E-state index is -0.906. The van der Waals surface area contributed by atoms with Gasteiger partial charge in [0.15, 0.2) is 5.03 Å². The normalized spacial score (nSPS) is 9.14. The molecule has 72 valence electrons. The lowest BCUT2D eigenvalue weighted by molar-refractivity contribution is -0.529. The van der Waals surface area contributed by atoms with E-state index in [-0.39, 0.29) is 5.57 Å². The lowest BCUT2D eigenvalue weighted by Gasteiger charge is -2.00. The summed E-state index contributed by atoms with van der Waals surface area (Å²) < 4.78 is 0. The van der Waals surface area contributed by atoms with E-state index in [2.05, 4.69) is 6.58 Å². The molecule has 0 aliphatic carbocycles. The van der Waals surface area contributed by atoms with Crippen LogP contribution in [0.25, 0.3) is 5.57 Å². The first-order chi connectivity index (χ1) is 6.61. The number of benzene rings is 1. The van der Waals surface area contributed by atoms with Crippen LogP contribution in [0.4, 0.5) is 0 Å². The summed E-state index contributed by atoms with van der Waals surface area (Å²) in [6, 6.07) is 8.53. The van der Waals surface area contributed by atoms with Crippen LogP contribution < -0.4 is 5.43 Å². The van der Waals surface area contributed by atoms with E-state index in [0.29, 0.717) is 5.56 Å². The van der Waals surface area contributed by atoms with Gasteiger partial charge in [0.2, 0.25) is 0 Å². The molecule has 1 rings (SSSR count). The third kappa shape index (κ3) is 2.41. The Kier molecular flexibility index (Phi) is 2.96. The highest BCUT2D eigenvalue weighted by atomic mass is 16.7. The average molecular weight is 192 g/mol. The maximum atomic E-state index is 11.1. The highest BCUT2D eigenvalue weighted by molar-refractivity contribution is 6.18. The summed E-state index contributed by atoms with van der Waals surface area (Å²) in [6.45, 7) is 3.46. The Hall–Kier alpha value is -2.17. The minimum Gasteiger partial charge on any atom is -0.263 e. The van der Waals surface area contributed by atoms with E-state index < -0.39 is 10.9 Å². The molecule has 1 aromatic rings. The van der Waals surface area contributed by atoms with Gasteiger partial charge in [-0.25, -0.2) is 10.1 Å². The molecule has 0 aliphatic rings. The van der Waals surface area contributed by atoms with Gasteiger partial charge in [0, 0.05) is 5.57 Å². The number of hydrogen-bond donors (Lipinski definition) is 1. The number of hydrogen-bond acceptors (Lipinski definition) is 3. The van der Waals surface area contributed by atoms with Gasteiger partial charge in [-0.05, 0) is 5.56 Å². The van der Waals surface area contributed by atoms with Crippen LogP contribution in [-0.4, -0.2) is 10.9 Å². The molecular weight excluding hydrogens is 184 g/mol. The third-order valence-electron chi connectivity index (χ3n) is 1.59. The summed E-state index contributed by atoms with van der Waals surface area (Å²) in [5.41, 5.74) is 2.16. The zero-order chi connectivity index (χ0) is 10.6. The topological polar surface area (TPSA) is 72.2 Å². The fourth-order valence-corrected chi connectivity index (χ4v) is 0.921. The van der Waals surface area contributed by atoms with E-state index in [1.165, 1.54) is 5.43 Å². The maximum absolute atomic E-state index is 11.1. The quantitative estimate of drug-likeness (QED) is 0.441. The molecule has 0 atom stereocenters. The van der Waals surface area contributed by atoms with Crippen LogP contribution in [0.5, 0.6) is 0 Å². The van der Waals surface area contributed by atoms with E-state index in [1.807, 2.05) is 0 Å². The molecule has 0 fully saturated rings. The molecule has 0 spiro atoms. The lowest BCUT2D eigenvalue weighted by Crippen LogP contribution is -2.29. The number of hydrazine groups is 1. The molecule has 0 bridgehead atoms. The zero-order valence-electron chi connectivity index (χ0n) is 7.27. The van der Waals surface area contributed by atoms with Gasteiger partial charge in [0.05, 0.1) is 0 Å². The summed E-state index contributed by atoms with van der Waals surface area (Å²) in [6.07, 6.45) is 0. The van der Waals surface area contributed by atoms with Crippen molar-refractivity contribution >= 4 is 11.5 Å². The van der Waals surface area contributed by atoms with Crippen LogP contribution in [0.2, 0.25) is 0 Å². The summed E-state index contributed by atoms with van der Waals surface area (Å²) in [4.78, 5) is 21.1. The van der Waals surface area contributed by atoms with Crippen molar-refractivity contribution in [3.63, 3.8) is 0 Å². The van der Waals surface area contributed by atoms with Crippen LogP contribution in [0.1, 0.15) is 5.56 Å². The molecule has 5 heteroatoms. The van der Waals surface area contributed by atoms with Crippen LogP contribution >= 0.6 is 0 Å². The highest BCUT2D eigenvalue weighted by Gasteiger charge is 2.12. The number of amides is 1. The number of nitrogens with one attached hydrogen (secondary N) is 1. The van der Waals surface area contributed by atoms with Gasteiger partial charge in [-0.2, -0.15) is 0 Å². The molecule has 0 aliphatic heterocycles. The van der Waals surface area contributed by atoms with Crippen molar-refractivity contribution < 1.29 is 9.83 Å². The predicted molar refractivity (Wildman–Crippen MR) is 50.6 cm³/mol. The fourth-order valence-electron chi connectivity index (χ4n) is 0.921. The molecule has 1 aromatic carbocycles. The third-order valence-corrected chi connectivity index (χ3v) is 1.59. The monoisotopic (exact) mass is 192 g/mol. The Balaban J connectivity index is 2.76. The zero-order valence-corrected chi connectivity index (χ0v) is 7.27. The predicted octanol–water partition coefficient (Wildman–Crippen LogP) is 1.01. The van der Waals surface area contributed by atoms with E-state index in [9.17, 15) is 14.9 Å². The van der Waals surface area contributed by atoms with Crippen molar-refractivity contribution in [2.45, 2.75) is 0 Å². The van der Waals surface area contributed by atoms with Crippen molar-refractivity contribution in [2.75, 3.05) is 0 Å². The van der Waals surface area contributed by atoms with Gasteiger partial charge in [0.25, 0.3) is 0 Å². The Morgan fingerprint density at radius 1 is 1.36 bits per heavy atom. The summed E-state index contributed by atoms with van der Waals surface area (Å²) in [7, 11) is 0. The smallest absolute Gasteiger partial charge is 0.263 e. The Morgan fingerprint density at radius 2 is 1.93 bits per heavy atom. The van der Waals surface area contributed by atoms with Crippen molar-refractivity contribution in [3.05, 3.63) is 52.6 Å². The second kappa shape index (κ2) is 4.18. The largest absolute Gasteiger partial charge is 0.310 e. The van der Waals surface area contributed by atoms with Gasteiger partial charge in [-0.3, -0.25) is 4.79 Å². The van der Waals surface area contributed by atoms with E-state index >= 15 is 0 Å². The van der Waals surface area contributed by atoms with E-state index in [1.54, 1.807) is 30.3 Å². The summed E-state index contributed by atoms with van der Waals surface area (Å²) in [5, 5.41) is 9.07. The fraction of sp³-hybridized carbons (Fsp3) is 0.